The number of nitrogens with one attached hydrogen (secondary N) is 1. The molecule has 0 saturated heterocycles. The first-order valence-electron chi connectivity index (χ1n) is 6.44. The molecule has 0 spiro atoms. The predicted octanol–water partition coefficient (Wildman–Crippen LogP) is 4.74. The second-order valence-corrected chi connectivity index (χ2v) is 6.31. The fourth-order valence-corrected chi connectivity index (χ4v) is 2.66. The molecule has 1 N–H and O–H groups in total. The molecular weight excluding hydrogens is 334 g/mol. The van der Waals surface area contributed by atoms with Gasteiger partial charge >= 0.3 is 0 Å². The van der Waals surface area contributed by atoms with Gasteiger partial charge in [-0.05, 0) is 48.4 Å². The van der Waals surface area contributed by atoms with Crippen molar-refractivity contribution in [2.45, 2.75) is 18.2 Å². The molecule has 2 aromatic rings. The number of amides is 1. The Balaban J connectivity index is 1.84. The maximum atomic E-state index is 11.9. The monoisotopic (exact) mass is 349 g/mol. The van der Waals surface area contributed by atoms with Crippen molar-refractivity contribution in [1.82, 2.24) is 0 Å². The molecule has 0 fully saturated rings. The number of rotatable bonds is 5. The summed E-state index contributed by atoms with van der Waals surface area (Å²) in [5, 5.41) is 2.91. The van der Waals surface area contributed by atoms with Gasteiger partial charge in [0, 0.05) is 15.1 Å². The van der Waals surface area contributed by atoms with E-state index in [2.05, 4.69) is 28.2 Å². The first-order valence-corrected chi connectivity index (χ1v) is 8.22. The second-order valence-electron chi connectivity index (χ2n) is 4.34. The summed E-state index contributed by atoms with van der Waals surface area (Å²) in [7, 11) is 0. The molecule has 0 atom stereocenters. The standard InChI is InChI=1S/C16H16BrNOS/c1-2-12-3-7-14(8-4-12)18-16(19)11-20-15-9-5-13(17)6-10-15/h3-10H,2,11H2,1H3,(H,18,19). The third kappa shape index (κ3) is 4.69. The first-order chi connectivity index (χ1) is 9.67. The van der Waals surface area contributed by atoms with Gasteiger partial charge in [-0.2, -0.15) is 0 Å². The topological polar surface area (TPSA) is 29.1 Å². The normalized spacial score (nSPS) is 10.3. The summed E-state index contributed by atoms with van der Waals surface area (Å²) in [5.74, 6) is 0.430. The van der Waals surface area contributed by atoms with Gasteiger partial charge in [-0.3, -0.25) is 4.79 Å². The minimum absolute atomic E-state index is 0.0159. The molecule has 0 aliphatic heterocycles. The van der Waals surface area contributed by atoms with E-state index in [1.54, 1.807) is 0 Å². The molecule has 0 aliphatic carbocycles. The van der Waals surface area contributed by atoms with Crippen LogP contribution in [0.1, 0.15) is 12.5 Å². The highest BCUT2D eigenvalue weighted by Gasteiger charge is 2.03. The van der Waals surface area contributed by atoms with Crippen LogP contribution < -0.4 is 5.32 Å². The molecule has 0 radical (unpaired) electrons. The number of carbonyl (C=O) groups excluding carboxylic acids is 1. The van der Waals surface area contributed by atoms with Crippen LogP contribution in [0.15, 0.2) is 57.9 Å². The number of thioether (sulfide) groups is 1. The Hall–Kier alpha value is -1.26. The molecule has 104 valence electrons. The van der Waals surface area contributed by atoms with Crippen molar-refractivity contribution in [3.8, 4) is 0 Å². The van der Waals surface area contributed by atoms with Crippen LogP contribution in [-0.2, 0) is 11.2 Å². The van der Waals surface area contributed by atoms with Gasteiger partial charge in [0.25, 0.3) is 0 Å². The summed E-state index contributed by atoms with van der Waals surface area (Å²) in [5.41, 5.74) is 2.12. The van der Waals surface area contributed by atoms with Gasteiger partial charge in [-0.15, -0.1) is 11.8 Å². The molecule has 2 nitrogen and oxygen atoms in total. The Morgan fingerprint density at radius 2 is 1.75 bits per heavy atom. The van der Waals surface area contributed by atoms with E-state index in [0.717, 1.165) is 21.5 Å². The molecule has 0 aromatic heterocycles. The fraction of sp³-hybridized carbons (Fsp3) is 0.188. The zero-order valence-corrected chi connectivity index (χ0v) is 13.6. The Kier molecular flexibility index (Phi) is 5.68. The lowest BCUT2D eigenvalue weighted by Gasteiger charge is -2.06. The summed E-state index contributed by atoms with van der Waals surface area (Å²) < 4.78 is 1.04. The SMILES string of the molecule is CCc1ccc(NC(=O)CSc2ccc(Br)cc2)cc1. The summed E-state index contributed by atoms with van der Waals surface area (Å²) in [4.78, 5) is 13.0. The number of aryl methyl sites for hydroxylation is 1. The average Bonchev–Trinajstić information content (AvgIpc) is 2.47. The van der Waals surface area contributed by atoms with Gasteiger partial charge in [-0.1, -0.05) is 35.0 Å². The molecule has 0 heterocycles. The number of anilines is 1. The number of hydrogen-bond acceptors (Lipinski definition) is 2. The van der Waals surface area contributed by atoms with Crippen LogP contribution >= 0.6 is 27.7 Å². The highest BCUT2D eigenvalue weighted by molar-refractivity contribution is 9.10. The van der Waals surface area contributed by atoms with Gasteiger partial charge in [0.15, 0.2) is 0 Å². The first kappa shape index (κ1) is 15.1. The van der Waals surface area contributed by atoms with Crippen LogP contribution in [0, 0.1) is 0 Å². The number of carbonyl (C=O) groups is 1. The van der Waals surface area contributed by atoms with Gasteiger partial charge in [0.05, 0.1) is 5.75 Å². The van der Waals surface area contributed by atoms with Crippen LogP contribution in [0.25, 0.3) is 0 Å². The number of halogens is 1. The van der Waals surface area contributed by atoms with Gasteiger partial charge < -0.3 is 5.32 Å². The zero-order chi connectivity index (χ0) is 14.4. The summed E-state index contributed by atoms with van der Waals surface area (Å²) in [6.45, 7) is 2.11. The largest absolute Gasteiger partial charge is 0.325 e. The molecule has 1 amide bonds. The molecule has 0 unspecified atom stereocenters. The average molecular weight is 350 g/mol. The van der Waals surface area contributed by atoms with Crippen LogP contribution in [-0.4, -0.2) is 11.7 Å². The Morgan fingerprint density at radius 3 is 2.35 bits per heavy atom. The smallest absolute Gasteiger partial charge is 0.234 e. The summed E-state index contributed by atoms with van der Waals surface area (Å²) in [6, 6.07) is 15.9. The van der Waals surface area contributed by atoms with Crippen LogP contribution in [0.3, 0.4) is 0 Å². The lowest BCUT2D eigenvalue weighted by molar-refractivity contribution is -0.113. The van der Waals surface area contributed by atoms with Crippen LogP contribution in [0.4, 0.5) is 5.69 Å². The summed E-state index contributed by atoms with van der Waals surface area (Å²) in [6.07, 6.45) is 1.01. The molecule has 0 saturated carbocycles. The maximum absolute atomic E-state index is 11.9. The van der Waals surface area contributed by atoms with Gasteiger partial charge in [-0.25, -0.2) is 0 Å². The summed E-state index contributed by atoms with van der Waals surface area (Å²) >= 11 is 4.92. The Morgan fingerprint density at radius 1 is 1.10 bits per heavy atom. The van der Waals surface area contributed by atoms with E-state index in [-0.39, 0.29) is 5.91 Å². The van der Waals surface area contributed by atoms with E-state index in [9.17, 15) is 4.79 Å². The van der Waals surface area contributed by atoms with E-state index in [4.69, 9.17) is 0 Å². The maximum Gasteiger partial charge on any atom is 0.234 e. The quantitative estimate of drug-likeness (QED) is 0.789. The van der Waals surface area contributed by atoms with E-state index < -0.39 is 0 Å². The van der Waals surface area contributed by atoms with Crippen LogP contribution in [0.2, 0.25) is 0 Å². The van der Waals surface area contributed by atoms with Crippen molar-refractivity contribution < 1.29 is 4.79 Å². The van der Waals surface area contributed by atoms with E-state index >= 15 is 0 Å². The molecule has 2 rings (SSSR count). The predicted molar refractivity (Wildman–Crippen MR) is 89.3 cm³/mol. The van der Waals surface area contributed by atoms with Crippen molar-refractivity contribution in [2.24, 2.45) is 0 Å². The Labute approximate surface area is 132 Å². The molecule has 0 aliphatic rings. The molecular formula is C16H16BrNOS. The lowest BCUT2D eigenvalue weighted by atomic mass is 10.1. The molecule has 4 heteroatoms. The number of benzene rings is 2. The van der Waals surface area contributed by atoms with E-state index in [1.165, 1.54) is 17.3 Å². The van der Waals surface area contributed by atoms with Crippen molar-refractivity contribution >= 4 is 39.3 Å². The van der Waals surface area contributed by atoms with Crippen molar-refractivity contribution in [3.05, 3.63) is 58.6 Å². The van der Waals surface area contributed by atoms with Crippen LogP contribution in [0.5, 0.6) is 0 Å². The third-order valence-corrected chi connectivity index (χ3v) is 4.37. The Bertz CT molecular complexity index is 566. The van der Waals surface area contributed by atoms with Crippen molar-refractivity contribution in [2.75, 3.05) is 11.1 Å². The number of hydrogen-bond donors (Lipinski definition) is 1. The van der Waals surface area contributed by atoms with Gasteiger partial charge in [0.2, 0.25) is 5.91 Å². The minimum atomic E-state index is 0.0159. The highest BCUT2D eigenvalue weighted by Crippen LogP contribution is 2.20. The fourth-order valence-electron chi connectivity index (χ4n) is 1.70. The van der Waals surface area contributed by atoms with Gasteiger partial charge in [0.1, 0.15) is 0 Å². The molecule has 20 heavy (non-hydrogen) atoms. The minimum Gasteiger partial charge on any atom is -0.325 e. The lowest BCUT2D eigenvalue weighted by Crippen LogP contribution is -2.13. The molecule has 0 bridgehead atoms. The zero-order valence-electron chi connectivity index (χ0n) is 11.2. The molecule has 2 aromatic carbocycles. The van der Waals surface area contributed by atoms with Crippen molar-refractivity contribution in [1.29, 1.82) is 0 Å². The highest BCUT2D eigenvalue weighted by atomic mass is 79.9. The van der Waals surface area contributed by atoms with E-state index in [0.29, 0.717) is 5.75 Å². The van der Waals surface area contributed by atoms with E-state index in [1.807, 2.05) is 48.5 Å². The third-order valence-electron chi connectivity index (χ3n) is 2.83. The second kappa shape index (κ2) is 7.50. The van der Waals surface area contributed by atoms with Crippen molar-refractivity contribution in [3.63, 3.8) is 0 Å².